The Morgan fingerprint density at radius 1 is 1.05 bits per heavy atom. The van der Waals surface area contributed by atoms with Crippen LogP contribution in [0.25, 0.3) is 0 Å². The Bertz CT molecular complexity index is 690. The highest BCUT2D eigenvalue weighted by Gasteiger charge is 2.17. The van der Waals surface area contributed by atoms with E-state index >= 15 is 0 Å². The minimum atomic E-state index is -1.08. The molecule has 2 amide bonds. The molecule has 2 aromatic rings. The molecule has 0 fully saturated rings. The molecule has 0 atom stereocenters. The van der Waals surface area contributed by atoms with Crippen LogP contribution in [-0.2, 0) is 9.59 Å². The molecule has 0 aliphatic heterocycles. The van der Waals surface area contributed by atoms with Crippen LogP contribution in [0.5, 0.6) is 0 Å². The van der Waals surface area contributed by atoms with Crippen molar-refractivity contribution in [2.75, 3.05) is 16.8 Å². The Morgan fingerprint density at radius 3 is 2.32 bits per heavy atom. The van der Waals surface area contributed by atoms with Crippen molar-refractivity contribution in [3.05, 3.63) is 60.2 Å². The SMILES string of the molecule is CC(=O)N(CC(=O)Nc1ccccc1)c1ccc(F)c(F)c1. The zero-order valence-electron chi connectivity index (χ0n) is 11.8. The third-order valence-corrected chi connectivity index (χ3v) is 2.95. The summed E-state index contributed by atoms with van der Waals surface area (Å²) in [5.41, 5.74) is 0.705. The summed E-state index contributed by atoms with van der Waals surface area (Å²) >= 11 is 0. The van der Waals surface area contributed by atoms with Crippen molar-refractivity contribution >= 4 is 23.2 Å². The fourth-order valence-corrected chi connectivity index (χ4v) is 1.90. The molecule has 0 heterocycles. The zero-order valence-corrected chi connectivity index (χ0v) is 11.8. The van der Waals surface area contributed by atoms with E-state index in [-0.39, 0.29) is 12.2 Å². The van der Waals surface area contributed by atoms with E-state index in [1.54, 1.807) is 30.3 Å². The van der Waals surface area contributed by atoms with Crippen molar-refractivity contribution in [3.8, 4) is 0 Å². The Kier molecular flexibility index (Phi) is 4.83. The standard InChI is InChI=1S/C16H14F2N2O2/c1-11(21)20(13-7-8-14(17)15(18)9-13)10-16(22)19-12-5-3-2-4-6-12/h2-9H,10H2,1H3,(H,19,22). The molecule has 2 rings (SSSR count). The second kappa shape index (κ2) is 6.80. The lowest BCUT2D eigenvalue weighted by atomic mass is 10.2. The summed E-state index contributed by atoms with van der Waals surface area (Å²) in [7, 11) is 0. The molecule has 0 saturated carbocycles. The summed E-state index contributed by atoms with van der Waals surface area (Å²) in [6, 6.07) is 11.8. The summed E-state index contributed by atoms with van der Waals surface area (Å²) < 4.78 is 26.2. The van der Waals surface area contributed by atoms with Gasteiger partial charge in [-0.1, -0.05) is 18.2 Å². The summed E-state index contributed by atoms with van der Waals surface area (Å²) in [4.78, 5) is 24.7. The monoisotopic (exact) mass is 304 g/mol. The predicted octanol–water partition coefficient (Wildman–Crippen LogP) is 2.96. The number of benzene rings is 2. The molecule has 0 unspecified atom stereocenters. The normalized spacial score (nSPS) is 10.1. The molecule has 0 saturated heterocycles. The highest BCUT2D eigenvalue weighted by atomic mass is 19.2. The number of amides is 2. The van der Waals surface area contributed by atoms with Crippen LogP contribution in [-0.4, -0.2) is 18.4 Å². The van der Waals surface area contributed by atoms with Gasteiger partial charge in [0.2, 0.25) is 11.8 Å². The number of hydrogen-bond acceptors (Lipinski definition) is 2. The van der Waals surface area contributed by atoms with Crippen molar-refractivity contribution in [1.29, 1.82) is 0 Å². The van der Waals surface area contributed by atoms with Gasteiger partial charge in [0.1, 0.15) is 6.54 Å². The van der Waals surface area contributed by atoms with E-state index in [2.05, 4.69) is 5.32 Å². The summed E-state index contributed by atoms with van der Waals surface area (Å²) in [6.45, 7) is 0.951. The lowest BCUT2D eigenvalue weighted by Crippen LogP contribution is -2.36. The molecule has 0 aliphatic rings. The number of anilines is 2. The van der Waals surface area contributed by atoms with Gasteiger partial charge < -0.3 is 10.2 Å². The number of carbonyl (C=O) groups is 2. The summed E-state index contributed by atoms with van der Waals surface area (Å²) in [6.07, 6.45) is 0. The van der Waals surface area contributed by atoms with Crippen LogP contribution in [0, 0.1) is 11.6 Å². The van der Waals surface area contributed by atoms with Gasteiger partial charge in [-0.25, -0.2) is 8.78 Å². The molecule has 1 N–H and O–H groups in total. The van der Waals surface area contributed by atoms with E-state index in [0.29, 0.717) is 5.69 Å². The van der Waals surface area contributed by atoms with E-state index < -0.39 is 23.4 Å². The number of nitrogens with one attached hydrogen (secondary N) is 1. The first-order chi connectivity index (χ1) is 10.5. The van der Waals surface area contributed by atoms with Crippen molar-refractivity contribution < 1.29 is 18.4 Å². The van der Waals surface area contributed by atoms with E-state index in [9.17, 15) is 18.4 Å². The van der Waals surface area contributed by atoms with Crippen LogP contribution < -0.4 is 10.2 Å². The van der Waals surface area contributed by atoms with Crippen LogP contribution >= 0.6 is 0 Å². The number of nitrogens with zero attached hydrogens (tertiary/aromatic N) is 1. The molecule has 114 valence electrons. The van der Waals surface area contributed by atoms with Gasteiger partial charge in [-0.3, -0.25) is 9.59 Å². The number of carbonyl (C=O) groups excluding carboxylic acids is 2. The third-order valence-electron chi connectivity index (χ3n) is 2.95. The van der Waals surface area contributed by atoms with Crippen molar-refractivity contribution in [3.63, 3.8) is 0 Å². The maximum Gasteiger partial charge on any atom is 0.244 e. The summed E-state index contributed by atoms with van der Waals surface area (Å²) in [5.74, 6) is -2.98. The molecule has 6 heteroatoms. The van der Waals surface area contributed by atoms with Gasteiger partial charge in [0.25, 0.3) is 0 Å². The van der Waals surface area contributed by atoms with Gasteiger partial charge in [0, 0.05) is 24.4 Å². The minimum Gasteiger partial charge on any atom is -0.325 e. The molecular weight excluding hydrogens is 290 g/mol. The van der Waals surface area contributed by atoms with Crippen LogP contribution in [0.3, 0.4) is 0 Å². The van der Waals surface area contributed by atoms with Crippen molar-refractivity contribution in [2.45, 2.75) is 6.92 Å². The maximum atomic E-state index is 13.3. The lowest BCUT2D eigenvalue weighted by Gasteiger charge is -2.20. The van der Waals surface area contributed by atoms with Crippen LogP contribution in [0.4, 0.5) is 20.2 Å². The van der Waals surface area contributed by atoms with Gasteiger partial charge in [-0.15, -0.1) is 0 Å². The molecule has 0 bridgehead atoms. The average Bonchev–Trinajstić information content (AvgIpc) is 2.48. The molecule has 0 aromatic heterocycles. The Morgan fingerprint density at radius 2 is 1.73 bits per heavy atom. The molecule has 0 spiro atoms. The summed E-state index contributed by atoms with van der Waals surface area (Å²) in [5, 5.41) is 2.62. The van der Waals surface area contributed by atoms with E-state index in [1.807, 2.05) is 0 Å². The van der Waals surface area contributed by atoms with Crippen LogP contribution in [0.15, 0.2) is 48.5 Å². The number of halogens is 2. The first-order valence-electron chi connectivity index (χ1n) is 6.55. The smallest absolute Gasteiger partial charge is 0.244 e. The van der Waals surface area contributed by atoms with Gasteiger partial charge >= 0.3 is 0 Å². The van der Waals surface area contributed by atoms with Gasteiger partial charge in [-0.05, 0) is 24.3 Å². The Hall–Kier alpha value is -2.76. The van der Waals surface area contributed by atoms with Gasteiger partial charge in [0.05, 0.1) is 0 Å². The number of hydrogen-bond donors (Lipinski definition) is 1. The Balaban J connectivity index is 2.13. The van der Waals surface area contributed by atoms with Crippen LogP contribution in [0.1, 0.15) is 6.92 Å². The zero-order chi connectivity index (χ0) is 16.1. The van der Waals surface area contributed by atoms with E-state index in [0.717, 1.165) is 17.0 Å². The fraction of sp³-hybridized carbons (Fsp3) is 0.125. The van der Waals surface area contributed by atoms with Crippen molar-refractivity contribution in [2.24, 2.45) is 0 Å². The number of para-hydroxylation sites is 1. The topological polar surface area (TPSA) is 49.4 Å². The highest BCUT2D eigenvalue weighted by molar-refractivity contribution is 6.01. The first kappa shape index (κ1) is 15.6. The average molecular weight is 304 g/mol. The highest BCUT2D eigenvalue weighted by Crippen LogP contribution is 2.18. The second-order valence-electron chi connectivity index (χ2n) is 4.62. The van der Waals surface area contributed by atoms with Gasteiger partial charge in [0.15, 0.2) is 11.6 Å². The molecular formula is C16H14F2N2O2. The molecule has 2 aromatic carbocycles. The third kappa shape index (κ3) is 3.88. The van der Waals surface area contributed by atoms with Gasteiger partial charge in [-0.2, -0.15) is 0 Å². The van der Waals surface area contributed by atoms with Crippen LogP contribution in [0.2, 0.25) is 0 Å². The lowest BCUT2D eigenvalue weighted by molar-refractivity contribution is -0.120. The van der Waals surface area contributed by atoms with E-state index in [1.165, 1.54) is 13.0 Å². The minimum absolute atomic E-state index is 0.120. The largest absolute Gasteiger partial charge is 0.325 e. The van der Waals surface area contributed by atoms with E-state index in [4.69, 9.17) is 0 Å². The first-order valence-corrected chi connectivity index (χ1v) is 6.55. The molecule has 0 radical (unpaired) electrons. The number of rotatable bonds is 4. The molecule has 22 heavy (non-hydrogen) atoms. The fourth-order valence-electron chi connectivity index (χ4n) is 1.90. The maximum absolute atomic E-state index is 13.3. The predicted molar refractivity (Wildman–Crippen MR) is 79.5 cm³/mol. The molecule has 0 aliphatic carbocycles. The Labute approximate surface area is 126 Å². The molecule has 4 nitrogen and oxygen atoms in total. The quantitative estimate of drug-likeness (QED) is 0.944. The second-order valence-corrected chi connectivity index (χ2v) is 4.62. The van der Waals surface area contributed by atoms with Crippen molar-refractivity contribution in [1.82, 2.24) is 0 Å².